The summed E-state index contributed by atoms with van der Waals surface area (Å²) in [6, 6.07) is 9.70. The van der Waals surface area contributed by atoms with Crippen molar-refractivity contribution in [3.63, 3.8) is 0 Å². The summed E-state index contributed by atoms with van der Waals surface area (Å²) in [6.45, 7) is 15.1. The van der Waals surface area contributed by atoms with E-state index in [1.54, 1.807) is 25.1 Å². The van der Waals surface area contributed by atoms with E-state index in [0.29, 0.717) is 64.7 Å². The van der Waals surface area contributed by atoms with Crippen molar-refractivity contribution < 1.29 is 37.6 Å². The van der Waals surface area contributed by atoms with Crippen LogP contribution in [0.1, 0.15) is 103 Å². The Hall–Kier alpha value is -4.06. The Morgan fingerprint density at radius 2 is 1.81 bits per heavy atom. The van der Waals surface area contributed by atoms with Crippen molar-refractivity contribution in [2.24, 2.45) is 0 Å². The van der Waals surface area contributed by atoms with Gasteiger partial charge in [-0.1, -0.05) is 18.2 Å². The van der Waals surface area contributed by atoms with Crippen LogP contribution in [0.25, 0.3) is 28.0 Å². The molecule has 52 heavy (non-hydrogen) atoms. The number of fused-ring (bicyclic) bond motifs is 8. The summed E-state index contributed by atoms with van der Waals surface area (Å²) < 4.78 is 56.9. The molecule has 6 bridgehead atoms. The minimum absolute atomic E-state index is 0.0373. The van der Waals surface area contributed by atoms with E-state index >= 15 is 4.39 Å². The maximum Gasteiger partial charge on any atom is 0.339 e. The van der Waals surface area contributed by atoms with Gasteiger partial charge in [0.25, 0.3) is 0 Å². The molecule has 0 aliphatic carbocycles. The molecule has 5 heterocycles. The first-order valence-electron chi connectivity index (χ1n) is 18.2. The number of aromatic nitrogens is 2. The molecule has 3 aliphatic rings. The number of methoxy groups -OCH3 is 1. The Balaban J connectivity index is 1.63. The Morgan fingerprint density at radius 1 is 1.10 bits per heavy atom. The lowest BCUT2D eigenvalue weighted by molar-refractivity contribution is -0.164. The monoisotopic (exact) mass is 719 g/mol. The van der Waals surface area contributed by atoms with Gasteiger partial charge in [0, 0.05) is 42.6 Å². The van der Waals surface area contributed by atoms with Crippen LogP contribution in [-0.4, -0.2) is 64.6 Å². The number of nitrogens with zero attached hydrogens (tertiary/aromatic N) is 3. The molecule has 9 nitrogen and oxygen atoms in total. The van der Waals surface area contributed by atoms with Crippen molar-refractivity contribution >= 4 is 17.4 Å². The molecule has 280 valence electrons. The predicted octanol–water partition coefficient (Wildman–Crippen LogP) is 8.66. The third-order valence-corrected chi connectivity index (χ3v) is 10.2. The van der Waals surface area contributed by atoms with Gasteiger partial charge in [-0.3, -0.25) is 4.40 Å². The first kappa shape index (κ1) is 37.7. The second kappa shape index (κ2) is 14.8. The summed E-state index contributed by atoms with van der Waals surface area (Å²) in [5, 5.41) is 11.3. The second-order valence-electron chi connectivity index (χ2n) is 15.4. The van der Waals surface area contributed by atoms with Gasteiger partial charge < -0.3 is 29.0 Å². The fraction of sp³-hybridized carbons (Fsp3) is 0.512. The van der Waals surface area contributed by atoms with Crippen LogP contribution < -0.4 is 9.64 Å². The van der Waals surface area contributed by atoms with E-state index in [1.165, 1.54) is 13.2 Å². The van der Waals surface area contributed by atoms with E-state index in [0.717, 1.165) is 38.2 Å². The highest BCUT2D eigenvalue weighted by Crippen LogP contribution is 2.43. The number of aliphatic hydroxyl groups excluding tert-OH is 1. The molecular weight excluding hydrogens is 668 g/mol. The van der Waals surface area contributed by atoms with E-state index < -0.39 is 35.4 Å². The van der Waals surface area contributed by atoms with Gasteiger partial charge in [0.15, 0.2) is 17.7 Å². The lowest BCUT2D eigenvalue weighted by Crippen LogP contribution is -2.45. The topological polar surface area (TPSA) is 94.8 Å². The zero-order chi connectivity index (χ0) is 37.5. The highest BCUT2D eigenvalue weighted by molar-refractivity contribution is 5.83. The zero-order valence-electron chi connectivity index (χ0n) is 31.5. The molecule has 2 aromatic carbocycles. The molecule has 4 aromatic rings. The van der Waals surface area contributed by atoms with Gasteiger partial charge in [0.05, 0.1) is 41.8 Å². The lowest BCUT2D eigenvalue weighted by Gasteiger charge is -2.42. The highest BCUT2D eigenvalue weighted by atomic mass is 19.2. The normalized spacial score (nSPS) is 21.1. The molecule has 0 saturated carbocycles. The number of benzene rings is 2. The molecule has 0 radical (unpaired) electrons. The van der Waals surface area contributed by atoms with Crippen molar-refractivity contribution in [2.75, 3.05) is 31.7 Å². The predicted molar refractivity (Wildman–Crippen MR) is 197 cm³/mol. The number of piperidine rings is 1. The van der Waals surface area contributed by atoms with Gasteiger partial charge in [-0.05, 0) is 110 Å². The van der Waals surface area contributed by atoms with Crippen molar-refractivity contribution in [1.29, 1.82) is 0 Å². The van der Waals surface area contributed by atoms with E-state index in [4.69, 9.17) is 23.9 Å². The fourth-order valence-corrected chi connectivity index (χ4v) is 7.50. The van der Waals surface area contributed by atoms with Gasteiger partial charge >= 0.3 is 5.97 Å². The number of anilines is 1. The summed E-state index contributed by atoms with van der Waals surface area (Å²) in [4.78, 5) is 21.0. The molecule has 11 heteroatoms. The first-order valence-corrected chi connectivity index (χ1v) is 18.2. The van der Waals surface area contributed by atoms with Crippen LogP contribution in [0.2, 0.25) is 0 Å². The lowest BCUT2D eigenvalue weighted by atomic mass is 9.91. The fourth-order valence-electron chi connectivity index (χ4n) is 7.50. The number of carbonyl (C=O) groups excluding carboxylic acids is 1. The molecule has 1 saturated heterocycles. The van der Waals surface area contributed by atoms with Crippen LogP contribution in [0.4, 0.5) is 14.6 Å². The molecule has 3 aliphatic heterocycles. The quantitative estimate of drug-likeness (QED) is 0.210. The maximum absolute atomic E-state index is 15.7. The zero-order valence-corrected chi connectivity index (χ0v) is 31.5. The number of halogens is 2. The molecule has 7 rings (SSSR count). The summed E-state index contributed by atoms with van der Waals surface area (Å²) in [5.74, 6) is -1.54. The third kappa shape index (κ3) is 7.54. The average molecular weight is 720 g/mol. The van der Waals surface area contributed by atoms with Gasteiger partial charge in [-0.25, -0.2) is 18.6 Å². The molecule has 1 unspecified atom stereocenters. The SMILES string of the molecule is COC(=O)[C@@H](OC(C)(C)C)c1c(C)c(C(C)O)c2nc3cn2c1N1CCC(C)(CC1)OCCCC[C@H](C)Oc1ccc(F)c(F)c1-c1cccc-3c1. The summed E-state index contributed by atoms with van der Waals surface area (Å²) in [6.07, 6.45) is 3.45. The number of rotatable bonds is 4. The van der Waals surface area contributed by atoms with Crippen molar-refractivity contribution in [1.82, 2.24) is 9.38 Å². The van der Waals surface area contributed by atoms with Crippen LogP contribution in [0.5, 0.6) is 5.75 Å². The Kier molecular flexibility index (Phi) is 10.7. The minimum Gasteiger partial charge on any atom is -0.490 e. The van der Waals surface area contributed by atoms with E-state index in [1.807, 2.05) is 51.3 Å². The molecule has 3 atom stereocenters. The Bertz CT molecular complexity index is 1940. The largest absolute Gasteiger partial charge is 0.490 e. The summed E-state index contributed by atoms with van der Waals surface area (Å²) >= 11 is 0. The average Bonchev–Trinajstić information content (AvgIpc) is 3.52. The molecule has 2 aromatic heterocycles. The third-order valence-electron chi connectivity index (χ3n) is 10.2. The standard InChI is InChI=1S/C41H51F2N3O6/c1-24-12-9-10-21-50-41(7)17-19-45(20-18-41)38-33(36(39(48)49-8)52-40(4,5)6)25(2)32(26(3)47)37-44-30(23-46(37)38)27-13-11-14-28(22-27)34-31(51-24)16-15-29(42)35(34)43/h11,13-16,22-24,26,36,47H,9-10,12,17-21H2,1-8H3/t24-,26?,36-/m0/s1. The van der Waals surface area contributed by atoms with Crippen molar-refractivity contribution in [3.8, 4) is 28.1 Å². The number of pyridine rings is 1. The molecular formula is C41H51F2N3O6. The Morgan fingerprint density at radius 3 is 2.48 bits per heavy atom. The molecule has 1 fully saturated rings. The Labute approximate surface area is 304 Å². The van der Waals surface area contributed by atoms with Crippen LogP contribution in [0, 0.1) is 18.6 Å². The number of ether oxygens (including phenoxy) is 4. The van der Waals surface area contributed by atoms with Gasteiger partial charge in [0.1, 0.15) is 17.2 Å². The smallest absolute Gasteiger partial charge is 0.339 e. The number of imidazole rings is 1. The number of aliphatic hydroxyl groups is 1. The highest BCUT2D eigenvalue weighted by Gasteiger charge is 2.39. The first-order chi connectivity index (χ1) is 24.6. The van der Waals surface area contributed by atoms with Gasteiger partial charge in [0.2, 0.25) is 0 Å². The number of hydrogen-bond acceptors (Lipinski definition) is 8. The van der Waals surface area contributed by atoms with E-state index in [-0.39, 0.29) is 23.0 Å². The summed E-state index contributed by atoms with van der Waals surface area (Å²) in [5.41, 5.74) is 2.91. The van der Waals surface area contributed by atoms with Crippen LogP contribution in [-0.2, 0) is 19.0 Å². The van der Waals surface area contributed by atoms with Crippen molar-refractivity contribution in [2.45, 2.75) is 110 Å². The molecule has 0 spiro atoms. The van der Waals surface area contributed by atoms with Crippen LogP contribution >= 0.6 is 0 Å². The van der Waals surface area contributed by atoms with Gasteiger partial charge in [-0.15, -0.1) is 0 Å². The van der Waals surface area contributed by atoms with Crippen LogP contribution in [0.15, 0.2) is 42.6 Å². The van der Waals surface area contributed by atoms with Crippen LogP contribution in [0.3, 0.4) is 0 Å². The molecule has 0 amide bonds. The molecule has 1 N–H and O–H groups in total. The van der Waals surface area contributed by atoms with E-state index in [2.05, 4.69) is 11.8 Å². The number of carbonyl (C=O) groups is 1. The number of esters is 1. The van der Waals surface area contributed by atoms with Gasteiger partial charge in [-0.2, -0.15) is 0 Å². The van der Waals surface area contributed by atoms with Crippen molar-refractivity contribution in [3.05, 3.63) is 70.9 Å². The summed E-state index contributed by atoms with van der Waals surface area (Å²) in [7, 11) is 1.34. The minimum atomic E-state index is -1.11. The maximum atomic E-state index is 15.7. The van der Waals surface area contributed by atoms with E-state index in [9.17, 15) is 14.3 Å². The number of hydrogen-bond donors (Lipinski definition) is 1. The second-order valence-corrected chi connectivity index (χ2v) is 15.4.